The Hall–Kier alpha value is -2.33. The number of benzene rings is 2. The van der Waals surface area contributed by atoms with E-state index >= 15 is 0 Å². The van der Waals surface area contributed by atoms with Crippen LogP contribution in [0.1, 0.15) is 34.7 Å². The highest BCUT2D eigenvalue weighted by Gasteiger charge is 2.15. The van der Waals surface area contributed by atoms with Gasteiger partial charge in [0, 0.05) is 10.6 Å². The molecule has 1 aromatic heterocycles. The van der Waals surface area contributed by atoms with Crippen molar-refractivity contribution in [1.29, 1.82) is 0 Å². The Kier molecular flexibility index (Phi) is 3.86. The Morgan fingerprint density at radius 3 is 2.86 bits per heavy atom. The third kappa shape index (κ3) is 2.97. The number of aryl methyl sites for hydroxylation is 1. The molecule has 0 saturated carbocycles. The van der Waals surface area contributed by atoms with Crippen LogP contribution in [0.5, 0.6) is 0 Å². The van der Waals surface area contributed by atoms with Crippen LogP contribution < -0.4 is 5.32 Å². The number of carbonyl (C=O) groups is 1. The highest BCUT2D eigenvalue weighted by Crippen LogP contribution is 2.20. The molecule has 1 atom stereocenters. The number of amides is 1. The molecular weight excluding hydrogens is 298 g/mol. The number of rotatable bonds is 3. The van der Waals surface area contributed by atoms with Crippen molar-refractivity contribution in [3.05, 3.63) is 64.4 Å². The summed E-state index contributed by atoms with van der Waals surface area (Å²) in [5.74, 6) is 0.591. The molecule has 22 heavy (non-hydrogen) atoms. The summed E-state index contributed by atoms with van der Waals surface area (Å²) >= 11 is 5.97. The zero-order valence-electron chi connectivity index (χ0n) is 12.4. The second kappa shape index (κ2) is 5.81. The van der Waals surface area contributed by atoms with Crippen molar-refractivity contribution in [2.45, 2.75) is 19.9 Å². The first-order valence-corrected chi connectivity index (χ1v) is 7.43. The lowest BCUT2D eigenvalue weighted by molar-refractivity contribution is 0.0938. The molecule has 5 heteroatoms. The lowest BCUT2D eigenvalue weighted by Gasteiger charge is -2.11. The lowest BCUT2D eigenvalue weighted by Crippen LogP contribution is -2.27. The number of aromatic amines is 1. The van der Waals surface area contributed by atoms with Gasteiger partial charge in [0.1, 0.15) is 5.82 Å². The molecule has 3 aromatic rings. The summed E-state index contributed by atoms with van der Waals surface area (Å²) in [6, 6.07) is 12.7. The summed E-state index contributed by atoms with van der Waals surface area (Å²) < 4.78 is 0. The van der Waals surface area contributed by atoms with Gasteiger partial charge in [-0.05, 0) is 44.2 Å². The fourth-order valence-corrected chi connectivity index (χ4v) is 2.51. The number of carbonyl (C=O) groups excluding carboxylic acids is 1. The van der Waals surface area contributed by atoms with E-state index in [1.165, 1.54) is 0 Å². The summed E-state index contributed by atoms with van der Waals surface area (Å²) in [4.78, 5) is 20.0. The summed E-state index contributed by atoms with van der Waals surface area (Å²) in [7, 11) is 0. The fourth-order valence-electron chi connectivity index (χ4n) is 2.34. The summed E-state index contributed by atoms with van der Waals surface area (Å²) in [6.45, 7) is 3.86. The van der Waals surface area contributed by atoms with E-state index in [2.05, 4.69) is 15.3 Å². The standard InChI is InChI=1S/C17H16ClN3O/c1-10-4-3-5-12(8-10)17(22)19-11(2)16-20-14-7-6-13(18)9-15(14)21-16/h3-9,11H,1-2H3,(H,19,22)(H,20,21). The van der Waals surface area contributed by atoms with E-state index in [4.69, 9.17) is 11.6 Å². The number of hydrogen-bond acceptors (Lipinski definition) is 2. The van der Waals surface area contributed by atoms with Crippen LogP contribution in [-0.4, -0.2) is 15.9 Å². The van der Waals surface area contributed by atoms with Crippen molar-refractivity contribution in [3.63, 3.8) is 0 Å². The third-order valence-electron chi connectivity index (χ3n) is 3.50. The fraction of sp³-hybridized carbons (Fsp3) is 0.176. The predicted molar refractivity (Wildman–Crippen MR) is 88.2 cm³/mol. The van der Waals surface area contributed by atoms with Gasteiger partial charge in [-0.2, -0.15) is 0 Å². The van der Waals surface area contributed by atoms with Crippen LogP contribution in [0.15, 0.2) is 42.5 Å². The van der Waals surface area contributed by atoms with E-state index in [-0.39, 0.29) is 11.9 Å². The summed E-state index contributed by atoms with van der Waals surface area (Å²) in [5, 5.41) is 3.60. The number of imidazole rings is 1. The Labute approximate surface area is 133 Å². The van der Waals surface area contributed by atoms with E-state index in [0.29, 0.717) is 16.4 Å². The molecule has 0 aliphatic rings. The average molecular weight is 314 g/mol. The smallest absolute Gasteiger partial charge is 0.251 e. The number of H-pyrrole nitrogens is 1. The zero-order valence-corrected chi connectivity index (χ0v) is 13.1. The molecule has 0 fully saturated rings. The average Bonchev–Trinajstić information content (AvgIpc) is 2.90. The number of aromatic nitrogens is 2. The van der Waals surface area contributed by atoms with E-state index in [0.717, 1.165) is 16.6 Å². The van der Waals surface area contributed by atoms with Gasteiger partial charge in [-0.1, -0.05) is 29.3 Å². The van der Waals surface area contributed by atoms with Crippen LogP contribution in [0.3, 0.4) is 0 Å². The monoisotopic (exact) mass is 313 g/mol. The molecule has 0 bridgehead atoms. The van der Waals surface area contributed by atoms with Gasteiger partial charge < -0.3 is 10.3 Å². The minimum Gasteiger partial charge on any atom is -0.342 e. The van der Waals surface area contributed by atoms with Gasteiger partial charge in [0.15, 0.2) is 0 Å². The maximum atomic E-state index is 12.3. The molecule has 1 unspecified atom stereocenters. The maximum absolute atomic E-state index is 12.3. The van der Waals surface area contributed by atoms with Crippen molar-refractivity contribution in [1.82, 2.24) is 15.3 Å². The molecule has 0 radical (unpaired) electrons. The number of fused-ring (bicyclic) bond motifs is 1. The summed E-state index contributed by atoms with van der Waals surface area (Å²) in [6.07, 6.45) is 0. The van der Waals surface area contributed by atoms with Crippen LogP contribution in [-0.2, 0) is 0 Å². The zero-order chi connectivity index (χ0) is 15.7. The predicted octanol–water partition coefficient (Wildman–Crippen LogP) is 4.02. The SMILES string of the molecule is Cc1cccc(C(=O)NC(C)c2nc3ccc(Cl)cc3[nH]2)c1. The first kappa shape index (κ1) is 14.6. The minimum absolute atomic E-state index is 0.116. The first-order chi connectivity index (χ1) is 10.5. The van der Waals surface area contributed by atoms with Crippen LogP contribution in [0.4, 0.5) is 0 Å². The van der Waals surface area contributed by atoms with Gasteiger partial charge in [0.05, 0.1) is 17.1 Å². The molecule has 2 aromatic carbocycles. The summed E-state index contributed by atoms with van der Waals surface area (Å²) in [5.41, 5.74) is 3.39. The molecule has 112 valence electrons. The topological polar surface area (TPSA) is 57.8 Å². The molecule has 0 spiro atoms. The number of nitrogens with zero attached hydrogens (tertiary/aromatic N) is 1. The van der Waals surface area contributed by atoms with Crippen molar-refractivity contribution in [2.24, 2.45) is 0 Å². The number of nitrogens with one attached hydrogen (secondary N) is 2. The molecule has 1 heterocycles. The molecule has 3 rings (SSSR count). The van der Waals surface area contributed by atoms with E-state index in [1.54, 1.807) is 12.1 Å². The minimum atomic E-state index is -0.223. The highest BCUT2D eigenvalue weighted by molar-refractivity contribution is 6.31. The third-order valence-corrected chi connectivity index (χ3v) is 3.74. The molecule has 2 N–H and O–H groups in total. The van der Waals surface area contributed by atoms with Crippen molar-refractivity contribution in [3.8, 4) is 0 Å². The van der Waals surface area contributed by atoms with Crippen molar-refractivity contribution < 1.29 is 4.79 Å². The number of hydrogen-bond donors (Lipinski definition) is 2. The molecule has 4 nitrogen and oxygen atoms in total. The molecule has 1 amide bonds. The van der Waals surface area contributed by atoms with Crippen molar-refractivity contribution in [2.75, 3.05) is 0 Å². The largest absolute Gasteiger partial charge is 0.342 e. The molecule has 0 aliphatic carbocycles. The van der Waals surface area contributed by atoms with Crippen LogP contribution in [0.2, 0.25) is 5.02 Å². The van der Waals surface area contributed by atoms with E-state index in [1.807, 2.05) is 44.2 Å². The molecular formula is C17H16ClN3O. The normalized spacial score (nSPS) is 12.3. The van der Waals surface area contributed by atoms with Crippen LogP contribution in [0, 0.1) is 6.92 Å². The Bertz CT molecular complexity index is 841. The van der Waals surface area contributed by atoms with E-state index < -0.39 is 0 Å². The Balaban J connectivity index is 1.80. The van der Waals surface area contributed by atoms with Gasteiger partial charge in [0.2, 0.25) is 0 Å². The van der Waals surface area contributed by atoms with Crippen molar-refractivity contribution >= 4 is 28.5 Å². The maximum Gasteiger partial charge on any atom is 0.251 e. The second-order valence-corrected chi connectivity index (χ2v) is 5.78. The second-order valence-electron chi connectivity index (χ2n) is 5.35. The van der Waals surface area contributed by atoms with E-state index in [9.17, 15) is 4.79 Å². The van der Waals surface area contributed by atoms with Crippen LogP contribution in [0.25, 0.3) is 11.0 Å². The van der Waals surface area contributed by atoms with Gasteiger partial charge in [-0.15, -0.1) is 0 Å². The van der Waals surface area contributed by atoms with Gasteiger partial charge >= 0.3 is 0 Å². The van der Waals surface area contributed by atoms with Gasteiger partial charge in [0.25, 0.3) is 5.91 Å². The van der Waals surface area contributed by atoms with Gasteiger partial charge in [-0.3, -0.25) is 4.79 Å². The van der Waals surface area contributed by atoms with Gasteiger partial charge in [-0.25, -0.2) is 4.98 Å². The van der Waals surface area contributed by atoms with Crippen LogP contribution >= 0.6 is 11.6 Å². The quantitative estimate of drug-likeness (QED) is 0.767. The lowest BCUT2D eigenvalue weighted by atomic mass is 10.1. The molecule has 0 aliphatic heterocycles. The molecule has 0 saturated heterocycles. The highest BCUT2D eigenvalue weighted by atomic mass is 35.5. The number of halogens is 1. The first-order valence-electron chi connectivity index (χ1n) is 7.05. The Morgan fingerprint density at radius 1 is 1.27 bits per heavy atom. The Morgan fingerprint density at radius 2 is 2.09 bits per heavy atom.